The van der Waals surface area contributed by atoms with Gasteiger partial charge in [-0.1, -0.05) is 31.9 Å². The highest BCUT2D eigenvalue weighted by Crippen LogP contribution is 2.33. The summed E-state index contributed by atoms with van der Waals surface area (Å²) in [4.78, 5) is 26.8. The number of phenolic OH excluding ortho intramolecular Hbond substituents is 1. The number of carbonyl (C=O) groups excluding carboxylic acids is 2. The summed E-state index contributed by atoms with van der Waals surface area (Å²) in [6.45, 7) is 0.341. The molecule has 1 aromatic heterocycles. The molecule has 6 nitrogen and oxygen atoms in total. The van der Waals surface area contributed by atoms with E-state index in [1.807, 2.05) is 12.1 Å². The number of oxazole rings is 1. The number of ether oxygens (including phenoxy) is 1. The Balaban J connectivity index is 0.000000165. The van der Waals surface area contributed by atoms with Crippen LogP contribution in [-0.2, 0) is 41.9 Å². The first-order valence-corrected chi connectivity index (χ1v) is 11.8. The summed E-state index contributed by atoms with van der Waals surface area (Å²) < 4.78 is 12.5. The second-order valence-corrected chi connectivity index (χ2v) is 9.63. The highest BCUT2D eigenvalue weighted by Gasteiger charge is 2.21. The Morgan fingerprint density at radius 2 is 1.53 bits per heavy atom. The lowest BCUT2D eigenvalue weighted by Crippen LogP contribution is -2.15. The Morgan fingerprint density at radius 3 is 2.19 bits per heavy atom. The number of aromatic nitrogens is 1. The van der Waals surface area contributed by atoms with E-state index in [4.69, 9.17) is 9.15 Å². The number of hydrogen-bond donors (Lipinski definition) is 1. The molecule has 0 atom stereocenters. The van der Waals surface area contributed by atoms with Crippen molar-refractivity contribution in [2.45, 2.75) is 45.1 Å². The van der Waals surface area contributed by atoms with Crippen LogP contribution in [0.3, 0.4) is 0 Å². The molecule has 3 aromatic rings. The highest BCUT2D eigenvalue weighted by atomic mass is 79.9. The number of aryl methyl sites for hydroxylation is 2. The van der Waals surface area contributed by atoms with Gasteiger partial charge in [0.1, 0.15) is 41.6 Å². The van der Waals surface area contributed by atoms with Gasteiger partial charge >= 0.3 is 0 Å². The van der Waals surface area contributed by atoms with Crippen LogP contribution in [0.2, 0.25) is 0 Å². The summed E-state index contributed by atoms with van der Waals surface area (Å²) in [5.74, 6) is 1.46. The zero-order valence-corrected chi connectivity index (χ0v) is 20.4. The molecule has 0 saturated carbocycles. The van der Waals surface area contributed by atoms with E-state index in [1.54, 1.807) is 12.3 Å². The first-order valence-electron chi connectivity index (χ1n) is 10.2. The van der Waals surface area contributed by atoms with E-state index < -0.39 is 0 Å². The van der Waals surface area contributed by atoms with E-state index in [0.29, 0.717) is 32.3 Å². The second kappa shape index (κ2) is 10.0. The van der Waals surface area contributed by atoms with Crippen LogP contribution in [0.15, 0.2) is 50.3 Å². The van der Waals surface area contributed by atoms with Crippen molar-refractivity contribution >= 4 is 43.4 Å². The number of hydrogen-bond acceptors (Lipinski definition) is 6. The molecule has 2 aliphatic rings. The first kappa shape index (κ1) is 22.7. The number of Topliss-reactive ketones (excluding diaryl/α,β-unsaturated/α-hetero) is 2. The fourth-order valence-corrected chi connectivity index (χ4v) is 4.88. The summed E-state index contributed by atoms with van der Waals surface area (Å²) >= 11 is 6.79. The predicted molar refractivity (Wildman–Crippen MR) is 125 cm³/mol. The third-order valence-electron chi connectivity index (χ3n) is 5.50. The standard InChI is InChI=1S/C14H12BrNO3.C10H9BrO2/c15-10-3-9-1-2-12(17)5-13(9)14(4-10)19-7-11-6-18-8-16-11;11-7-3-6-1-2-8(12)5-9(6)10(13)4-7/h3-4,6,8H,1-2,5,7H2;3-4,13H,1-2,5H2. The lowest BCUT2D eigenvalue weighted by atomic mass is 9.90. The number of fused-ring (bicyclic) bond motifs is 2. The van der Waals surface area contributed by atoms with Gasteiger partial charge < -0.3 is 14.3 Å². The molecule has 0 fully saturated rings. The van der Waals surface area contributed by atoms with Gasteiger partial charge in [-0.15, -0.1) is 0 Å². The molecule has 2 aliphatic carbocycles. The van der Waals surface area contributed by atoms with E-state index >= 15 is 0 Å². The highest BCUT2D eigenvalue weighted by molar-refractivity contribution is 9.10. The normalized spacial score (nSPS) is 14.8. The maximum absolute atomic E-state index is 11.6. The molecule has 8 heteroatoms. The van der Waals surface area contributed by atoms with Crippen molar-refractivity contribution in [3.05, 3.63) is 73.8 Å². The molecule has 0 amide bonds. The Labute approximate surface area is 202 Å². The lowest BCUT2D eigenvalue weighted by molar-refractivity contribution is -0.119. The smallest absolute Gasteiger partial charge is 0.180 e. The molecular weight excluding hydrogens is 542 g/mol. The van der Waals surface area contributed by atoms with Gasteiger partial charge in [0, 0.05) is 45.8 Å². The predicted octanol–water partition coefficient (Wildman–Crippen LogP) is 5.29. The van der Waals surface area contributed by atoms with Gasteiger partial charge in [-0.2, -0.15) is 0 Å². The number of ketones is 2. The number of carbonyl (C=O) groups is 2. The van der Waals surface area contributed by atoms with E-state index in [2.05, 4.69) is 42.9 Å². The number of rotatable bonds is 3. The van der Waals surface area contributed by atoms with Gasteiger partial charge in [0.2, 0.25) is 0 Å². The van der Waals surface area contributed by atoms with Gasteiger partial charge in [0.05, 0.1) is 0 Å². The number of aromatic hydroxyl groups is 1. The van der Waals surface area contributed by atoms with E-state index in [0.717, 1.165) is 49.9 Å². The molecule has 0 saturated heterocycles. The SMILES string of the molecule is O=C1CCc2cc(Br)cc(O)c2C1.O=C1CCc2cc(Br)cc(OCc3cocn3)c2C1. The molecule has 0 aliphatic heterocycles. The van der Waals surface area contributed by atoms with Gasteiger partial charge in [-0.05, 0) is 48.2 Å². The maximum atomic E-state index is 11.6. The van der Waals surface area contributed by atoms with Crippen molar-refractivity contribution in [2.75, 3.05) is 0 Å². The topological polar surface area (TPSA) is 89.6 Å². The van der Waals surface area contributed by atoms with Crippen LogP contribution in [0.4, 0.5) is 0 Å². The minimum absolute atomic E-state index is 0.213. The van der Waals surface area contributed by atoms with Crippen molar-refractivity contribution in [3.63, 3.8) is 0 Å². The Bertz CT molecular complexity index is 1160. The van der Waals surface area contributed by atoms with Gasteiger partial charge in [-0.3, -0.25) is 9.59 Å². The van der Waals surface area contributed by atoms with E-state index in [9.17, 15) is 14.7 Å². The van der Waals surface area contributed by atoms with Crippen LogP contribution in [0, 0.1) is 0 Å². The van der Waals surface area contributed by atoms with Crippen molar-refractivity contribution in [1.29, 1.82) is 0 Å². The van der Waals surface area contributed by atoms with Crippen molar-refractivity contribution in [1.82, 2.24) is 4.98 Å². The van der Waals surface area contributed by atoms with Crippen molar-refractivity contribution < 1.29 is 23.8 Å². The van der Waals surface area contributed by atoms with Crippen LogP contribution in [0.25, 0.3) is 0 Å². The molecule has 0 radical (unpaired) electrons. The van der Waals surface area contributed by atoms with Gasteiger partial charge in [0.25, 0.3) is 0 Å². The molecule has 5 rings (SSSR count). The summed E-state index contributed by atoms with van der Waals surface area (Å²) in [5, 5.41) is 9.57. The summed E-state index contributed by atoms with van der Waals surface area (Å²) in [7, 11) is 0. The average molecular weight is 563 g/mol. The number of phenols is 1. The quantitative estimate of drug-likeness (QED) is 0.467. The van der Waals surface area contributed by atoms with Crippen LogP contribution >= 0.6 is 31.9 Å². The summed E-state index contributed by atoms with van der Waals surface area (Å²) in [6.07, 6.45) is 6.52. The molecule has 1 N–H and O–H groups in total. The minimum atomic E-state index is 0.213. The average Bonchev–Trinajstić information content (AvgIpc) is 3.27. The molecule has 0 bridgehead atoms. The first-order chi connectivity index (χ1) is 15.4. The zero-order valence-electron chi connectivity index (χ0n) is 17.2. The lowest BCUT2D eigenvalue weighted by Gasteiger charge is -2.19. The van der Waals surface area contributed by atoms with Crippen LogP contribution in [-0.4, -0.2) is 21.7 Å². The maximum Gasteiger partial charge on any atom is 0.180 e. The molecule has 1 heterocycles. The molecule has 32 heavy (non-hydrogen) atoms. The van der Waals surface area contributed by atoms with E-state index in [1.165, 1.54) is 12.0 Å². The number of halogens is 2. The van der Waals surface area contributed by atoms with Crippen molar-refractivity contribution in [3.8, 4) is 11.5 Å². The third kappa shape index (κ3) is 5.48. The van der Waals surface area contributed by atoms with Gasteiger partial charge in [-0.25, -0.2) is 4.98 Å². The Hall–Kier alpha value is -2.45. The zero-order chi connectivity index (χ0) is 22.7. The Morgan fingerprint density at radius 1 is 0.906 bits per heavy atom. The summed E-state index contributed by atoms with van der Waals surface area (Å²) in [6, 6.07) is 7.57. The molecule has 166 valence electrons. The fourth-order valence-electron chi connectivity index (χ4n) is 3.90. The fraction of sp³-hybridized carbons (Fsp3) is 0.292. The second-order valence-electron chi connectivity index (χ2n) is 7.80. The largest absolute Gasteiger partial charge is 0.508 e. The molecule has 0 unspecified atom stereocenters. The van der Waals surface area contributed by atoms with Crippen LogP contribution in [0.5, 0.6) is 11.5 Å². The molecular formula is C24H21Br2NO5. The number of nitrogens with zero attached hydrogens (tertiary/aromatic N) is 1. The van der Waals surface area contributed by atoms with Gasteiger partial charge in [0.15, 0.2) is 6.39 Å². The van der Waals surface area contributed by atoms with Crippen LogP contribution in [0.1, 0.15) is 40.8 Å². The minimum Gasteiger partial charge on any atom is -0.508 e. The third-order valence-corrected chi connectivity index (χ3v) is 6.42. The summed E-state index contributed by atoms with van der Waals surface area (Å²) in [5.41, 5.74) is 4.81. The number of benzene rings is 2. The monoisotopic (exact) mass is 561 g/mol. The molecule has 0 spiro atoms. The molecule has 2 aromatic carbocycles. The van der Waals surface area contributed by atoms with Crippen LogP contribution < -0.4 is 4.74 Å². The Kier molecular flexibility index (Phi) is 7.10. The van der Waals surface area contributed by atoms with Crippen molar-refractivity contribution in [2.24, 2.45) is 0 Å². The van der Waals surface area contributed by atoms with E-state index in [-0.39, 0.29) is 17.3 Å².